The van der Waals surface area contributed by atoms with E-state index in [-0.39, 0.29) is 18.1 Å². The van der Waals surface area contributed by atoms with Crippen LogP contribution < -0.4 is 10.6 Å². The first kappa shape index (κ1) is 19.2. The van der Waals surface area contributed by atoms with Crippen molar-refractivity contribution < 1.29 is 22.8 Å². The minimum absolute atomic E-state index is 0.00858. The van der Waals surface area contributed by atoms with Gasteiger partial charge in [0.15, 0.2) is 0 Å². The molecule has 0 spiro atoms. The van der Waals surface area contributed by atoms with Crippen molar-refractivity contribution in [3.8, 4) is 0 Å². The number of alkyl halides is 3. The molecule has 7 heteroatoms. The van der Waals surface area contributed by atoms with Gasteiger partial charge in [0.1, 0.15) is 0 Å². The predicted octanol–water partition coefficient (Wildman–Crippen LogP) is 3.83. The Labute approximate surface area is 148 Å². The summed E-state index contributed by atoms with van der Waals surface area (Å²) in [5.74, 6) is -2.38. The van der Waals surface area contributed by atoms with Gasteiger partial charge in [0.25, 0.3) is 0 Å². The van der Waals surface area contributed by atoms with Crippen molar-refractivity contribution >= 4 is 23.6 Å². The number of anilines is 1. The first-order valence-corrected chi connectivity index (χ1v) is 7.74. The molecule has 0 saturated carbocycles. The Hall–Kier alpha value is -3.09. The maximum Gasteiger partial charge on any atom is 0.471 e. The second-order valence-electron chi connectivity index (χ2n) is 5.61. The lowest BCUT2D eigenvalue weighted by atomic mass is 10.1. The summed E-state index contributed by atoms with van der Waals surface area (Å²) in [5, 5.41) is 4.40. The summed E-state index contributed by atoms with van der Waals surface area (Å²) in [6.07, 6.45) is -1.92. The average Bonchev–Trinajstić information content (AvgIpc) is 2.59. The van der Waals surface area contributed by atoms with Crippen LogP contribution in [0.3, 0.4) is 0 Å². The summed E-state index contributed by atoms with van der Waals surface area (Å²) in [5.41, 5.74) is 2.56. The maximum atomic E-state index is 12.3. The predicted molar refractivity (Wildman–Crippen MR) is 93.2 cm³/mol. The van der Waals surface area contributed by atoms with Crippen LogP contribution in [0.5, 0.6) is 0 Å². The minimum atomic E-state index is -4.95. The lowest BCUT2D eigenvalue weighted by Crippen LogP contribution is -2.30. The van der Waals surface area contributed by atoms with Crippen molar-refractivity contribution in [1.29, 1.82) is 0 Å². The number of hydrogen-bond acceptors (Lipinski definition) is 2. The van der Waals surface area contributed by atoms with Gasteiger partial charge in [-0.3, -0.25) is 9.59 Å². The lowest BCUT2D eigenvalue weighted by molar-refractivity contribution is -0.167. The summed E-state index contributed by atoms with van der Waals surface area (Å²) in [6.45, 7) is 2.08. The number of amides is 2. The fraction of sp³-hybridized carbons (Fsp3) is 0.158. The molecule has 2 amide bonds. The van der Waals surface area contributed by atoms with Crippen LogP contribution in [0, 0.1) is 6.92 Å². The zero-order valence-electron chi connectivity index (χ0n) is 13.9. The molecule has 0 atom stereocenters. The number of benzene rings is 2. The first-order chi connectivity index (χ1) is 12.2. The molecule has 2 N–H and O–H groups in total. The maximum absolute atomic E-state index is 12.3. The Morgan fingerprint density at radius 3 is 2.42 bits per heavy atom. The number of nitrogens with one attached hydrogen (secondary N) is 2. The number of halogens is 3. The largest absolute Gasteiger partial charge is 0.471 e. The van der Waals surface area contributed by atoms with Crippen LogP contribution in [-0.4, -0.2) is 18.0 Å². The molecule has 0 radical (unpaired) electrons. The number of rotatable bonds is 5. The fourth-order valence-electron chi connectivity index (χ4n) is 2.06. The second kappa shape index (κ2) is 8.33. The van der Waals surface area contributed by atoms with Gasteiger partial charge >= 0.3 is 12.1 Å². The van der Waals surface area contributed by atoms with E-state index in [1.807, 2.05) is 31.2 Å². The van der Waals surface area contributed by atoms with Crippen LogP contribution in [0.2, 0.25) is 0 Å². The summed E-state index contributed by atoms with van der Waals surface area (Å²) >= 11 is 0. The SMILES string of the molecule is Cc1ccc(/C=C/C(=O)NCc2cccc(NC(=O)C(F)(F)F)c2)cc1. The van der Waals surface area contributed by atoms with E-state index in [4.69, 9.17) is 0 Å². The third-order valence-corrected chi connectivity index (χ3v) is 3.41. The molecule has 0 aliphatic carbocycles. The van der Waals surface area contributed by atoms with Gasteiger partial charge < -0.3 is 10.6 Å². The molecule has 0 aromatic heterocycles. The van der Waals surface area contributed by atoms with Crippen LogP contribution in [0.4, 0.5) is 18.9 Å². The van der Waals surface area contributed by atoms with Crippen molar-refractivity contribution in [3.05, 3.63) is 71.3 Å². The Bertz CT molecular complexity index is 812. The van der Waals surface area contributed by atoms with E-state index in [1.165, 1.54) is 24.3 Å². The van der Waals surface area contributed by atoms with E-state index < -0.39 is 12.1 Å². The molecule has 2 rings (SSSR count). The van der Waals surface area contributed by atoms with Gasteiger partial charge in [-0.15, -0.1) is 0 Å². The van der Waals surface area contributed by atoms with Crippen LogP contribution in [0.25, 0.3) is 6.08 Å². The molecule has 2 aromatic carbocycles. The number of hydrogen-bond donors (Lipinski definition) is 2. The van der Waals surface area contributed by atoms with E-state index in [9.17, 15) is 22.8 Å². The van der Waals surface area contributed by atoms with Crippen molar-refractivity contribution in [2.75, 3.05) is 5.32 Å². The molecule has 0 unspecified atom stereocenters. The van der Waals surface area contributed by atoms with Crippen LogP contribution in [0.15, 0.2) is 54.6 Å². The van der Waals surface area contributed by atoms with E-state index >= 15 is 0 Å². The Kier molecular flexibility index (Phi) is 6.16. The molecule has 136 valence electrons. The Balaban J connectivity index is 1.90. The van der Waals surface area contributed by atoms with Crippen molar-refractivity contribution in [1.82, 2.24) is 5.32 Å². The van der Waals surface area contributed by atoms with E-state index in [2.05, 4.69) is 5.32 Å². The van der Waals surface area contributed by atoms with Crippen molar-refractivity contribution in [3.63, 3.8) is 0 Å². The Morgan fingerprint density at radius 2 is 1.77 bits per heavy atom. The van der Waals surface area contributed by atoms with Crippen molar-refractivity contribution in [2.24, 2.45) is 0 Å². The molecular formula is C19H17F3N2O2. The molecule has 26 heavy (non-hydrogen) atoms. The third kappa shape index (κ3) is 6.08. The quantitative estimate of drug-likeness (QED) is 0.795. The van der Waals surface area contributed by atoms with Crippen LogP contribution >= 0.6 is 0 Å². The third-order valence-electron chi connectivity index (χ3n) is 3.41. The van der Waals surface area contributed by atoms with E-state index in [1.54, 1.807) is 17.5 Å². The van der Waals surface area contributed by atoms with Crippen LogP contribution in [0.1, 0.15) is 16.7 Å². The molecule has 4 nitrogen and oxygen atoms in total. The normalized spacial score (nSPS) is 11.4. The zero-order valence-corrected chi connectivity index (χ0v) is 13.9. The number of aryl methyl sites for hydroxylation is 1. The summed E-state index contributed by atoms with van der Waals surface area (Å²) in [6, 6.07) is 13.5. The van der Waals surface area contributed by atoms with E-state index in [0.29, 0.717) is 5.56 Å². The number of carbonyl (C=O) groups excluding carboxylic acids is 2. The summed E-state index contributed by atoms with van der Waals surface area (Å²) in [7, 11) is 0. The highest BCUT2D eigenvalue weighted by molar-refractivity contribution is 5.95. The highest BCUT2D eigenvalue weighted by Gasteiger charge is 2.38. The molecule has 0 aliphatic rings. The average molecular weight is 362 g/mol. The van der Waals surface area contributed by atoms with Gasteiger partial charge in [0.2, 0.25) is 5.91 Å². The minimum Gasteiger partial charge on any atom is -0.348 e. The molecule has 0 saturated heterocycles. The van der Waals surface area contributed by atoms with Gasteiger partial charge in [0, 0.05) is 18.3 Å². The lowest BCUT2D eigenvalue weighted by Gasteiger charge is -2.09. The standard InChI is InChI=1S/C19H17F3N2O2/c1-13-5-7-14(8-6-13)9-10-17(25)23-12-15-3-2-4-16(11-15)24-18(26)19(20,21)22/h2-11H,12H2,1H3,(H,23,25)(H,24,26)/b10-9+. The fourth-order valence-corrected chi connectivity index (χ4v) is 2.06. The number of carbonyl (C=O) groups is 2. The monoisotopic (exact) mass is 362 g/mol. The molecule has 0 aliphatic heterocycles. The molecule has 0 bridgehead atoms. The van der Waals surface area contributed by atoms with Gasteiger partial charge in [-0.2, -0.15) is 13.2 Å². The zero-order chi connectivity index (χ0) is 19.2. The van der Waals surface area contributed by atoms with Gasteiger partial charge in [0.05, 0.1) is 0 Å². The van der Waals surface area contributed by atoms with Gasteiger partial charge in [-0.05, 0) is 36.3 Å². The molecule has 2 aromatic rings. The molecular weight excluding hydrogens is 345 g/mol. The van der Waals surface area contributed by atoms with E-state index in [0.717, 1.165) is 11.1 Å². The van der Waals surface area contributed by atoms with Gasteiger partial charge in [-0.1, -0.05) is 42.0 Å². The first-order valence-electron chi connectivity index (χ1n) is 7.74. The smallest absolute Gasteiger partial charge is 0.348 e. The van der Waals surface area contributed by atoms with Crippen molar-refractivity contribution in [2.45, 2.75) is 19.6 Å². The highest BCUT2D eigenvalue weighted by atomic mass is 19.4. The van der Waals surface area contributed by atoms with Gasteiger partial charge in [-0.25, -0.2) is 0 Å². The van der Waals surface area contributed by atoms with Crippen LogP contribution in [-0.2, 0) is 16.1 Å². The topological polar surface area (TPSA) is 58.2 Å². The molecule has 0 heterocycles. The Morgan fingerprint density at radius 1 is 1.08 bits per heavy atom. The second-order valence-corrected chi connectivity index (χ2v) is 5.61. The summed E-state index contributed by atoms with van der Waals surface area (Å²) in [4.78, 5) is 22.8. The summed E-state index contributed by atoms with van der Waals surface area (Å²) < 4.78 is 36.8. The molecule has 0 fully saturated rings. The highest BCUT2D eigenvalue weighted by Crippen LogP contribution is 2.18.